The maximum atomic E-state index is 13.1. The predicted molar refractivity (Wildman–Crippen MR) is 89.6 cm³/mol. The zero-order valence-corrected chi connectivity index (χ0v) is 13.9. The number of carbonyl (C=O) groups excluding carboxylic acids is 2. The van der Waals surface area contributed by atoms with Crippen molar-refractivity contribution in [2.45, 2.75) is 63.1 Å². The number of hydrogen-bond donors (Lipinski definition) is 1. The van der Waals surface area contributed by atoms with Crippen molar-refractivity contribution in [3.63, 3.8) is 0 Å². The molecule has 5 heteroatoms. The molecule has 1 heterocycles. The van der Waals surface area contributed by atoms with Crippen LogP contribution in [0.4, 0.5) is 0 Å². The molecule has 2 aliphatic carbocycles. The summed E-state index contributed by atoms with van der Waals surface area (Å²) in [6, 6.07) is 7.39. The molecule has 1 atom stereocenters. The molecular formula is C19H24N2O3. The molecule has 4 rings (SSSR count). The molecule has 0 aromatic heterocycles. The number of rotatable bonds is 3. The molecule has 2 amide bonds. The van der Waals surface area contributed by atoms with Gasteiger partial charge in [0.05, 0.1) is 0 Å². The average molecular weight is 328 g/mol. The van der Waals surface area contributed by atoms with Crippen molar-refractivity contribution in [1.82, 2.24) is 10.2 Å². The zero-order chi connectivity index (χ0) is 16.5. The van der Waals surface area contributed by atoms with E-state index in [0.717, 1.165) is 31.2 Å². The number of nitrogens with zero attached hydrogens (tertiary/aromatic N) is 1. The summed E-state index contributed by atoms with van der Waals surface area (Å²) in [5, 5.41) is 3.20. The Balaban J connectivity index is 1.64. The lowest BCUT2D eigenvalue weighted by atomic mass is 9.94. The lowest BCUT2D eigenvalue weighted by Crippen LogP contribution is -2.48. The van der Waals surface area contributed by atoms with Crippen LogP contribution in [0.2, 0.25) is 0 Å². The number of carbonyl (C=O) groups is 2. The van der Waals surface area contributed by atoms with Gasteiger partial charge in [-0.05, 0) is 31.7 Å². The largest absolute Gasteiger partial charge is 0.483 e. The first-order valence-electron chi connectivity index (χ1n) is 9.07. The molecule has 128 valence electrons. The third-order valence-electron chi connectivity index (χ3n) is 5.27. The van der Waals surface area contributed by atoms with Crippen molar-refractivity contribution in [2.24, 2.45) is 0 Å². The van der Waals surface area contributed by atoms with E-state index in [9.17, 15) is 9.59 Å². The maximum absolute atomic E-state index is 13.1. The van der Waals surface area contributed by atoms with Crippen molar-refractivity contribution in [1.29, 1.82) is 0 Å². The lowest BCUT2D eigenvalue weighted by Gasteiger charge is -2.31. The smallest absolute Gasteiger partial charge is 0.261 e. The molecule has 0 saturated heterocycles. The maximum Gasteiger partial charge on any atom is 0.261 e. The number of benzene rings is 1. The highest BCUT2D eigenvalue weighted by atomic mass is 16.5. The van der Waals surface area contributed by atoms with Crippen molar-refractivity contribution in [3.8, 4) is 5.75 Å². The van der Waals surface area contributed by atoms with Gasteiger partial charge in [0.2, 0.25) is 5.91 Å². The number of para-hydroxylation sites is 1. The Morgan fingerprint density at radius 3 is 2.58 bits per heavy atom. The normalized spacial score (nSPS) is 24.8. The fraction of sp³-hybridized carbons (Fsp3) is 0.579. The Bertz CT molecular complexity index is 635. The highest BCUT2D eigenvalue weighted by Crippen LogP contribution is 2.39. The number of amides is 2. The molecule has 2 saturated carbocycles. The summed E-state index contributed by atoms with van der Waals surface area (Å²) in [6.07, 6.45) is 7.60. The van der Waals surface area contributed by atoms with Gasteiger partial charge in [0, 0.05) is 17.6 Å². The first kappa shape index (κ1) is 15.5. The Hall–Kier alpha value is -2.04. The van der Waals surface area contributed by atoms with Gasteiger partial charge in [-0.3, -0.25) is 9.59 Å². The number of fused-ring (bicyclic) bond motifs is 1. The molecule has 1 N–H and O–H groups in total. The van der Waals surface area contributed by atoms with Gasteiger partial charge in [-0.15, -0.1) is 0 Å². The van der Waals surface area contributed by atoms with Gasteiger partial charge in [0.25, 0.3) is 5.91 Å². The Labute approximate surface area is 142 Å². The fourth-order valence-corrected chi connectivity index (χ4v) is 3.91. The van der Waals surface area contributed by atoms with Crippen LogP contribution >= 0.6 is 0 Å². The molecule has 5 nitrogen and oxygen atoms in total. The molecule has 1 aromatic rings. The van der Waals surface area contributed by atoms with E-state index >= 15 is 0 Å². The fourth-order valence-electron chi connectivity index (χ4n) is 3.91. The summed E-state index contributed by atoms with van der Waals surface area (Å²) < 4.78 is 5.67. The topological polar surface area (TPSA) is 58.6 Å². The van der Waals surface area contributed by atoms with Gasteiger partial charge < -0.3 is 15.0 Å². The van der Waals surface area contributed by atoms with Crippen LogP contribution in [0.25, 0.3) is 0 Å². The van der Waals surface area contributed by atoms with E-state index in [-0.39, 0.29) is 30.5 Å². The predicted octanol–water partition coefficient (Wildman–Crippen LogP) is 2.56. The molecular weight excluding hydrogens is 304 g/mol. The van der Waals surface area contributed by atoms with Gasteiger partial charge >= 0.3 is 0 Å². The lowest BCUT2D eigenvalue weighted by molar-refractivity contribution is -0.142. The Kier molecular flexibility index (Phi) is 4.17. The summed E-state index contributed by atoms with van der Waals surface area (Å²) in [5.74, 6) is 0.510. The summed E-state index contributed by atoms with van der Waals surface area (Å²) in [4.78, 5) is 27.5. The highest BCUT2D eigenvalue weighted by Gasteiger charge is 2.44. The van der Waals surface area contributed by atoms with Crippen LogP contribution in [-0.2, 0) is 9.59 Å². The van der Waals surface area contributed by atoms with Crippen LogP contribution in [0.3, 0.4) is 0 Å². The third-order valence-corrected chi connectivity index (χ3v) is 5.27. The molecule has 0 spiro atoms. The first-order valence-corrected chi connectivity index (χ1v) is 9.07. The van der Waals surface area contributed by atoms with E-state index in [1.165, 1.54) is 19.3 Å². The molecule has 2 fully saturated rings. The van der Waals surface area contributed by atoms with Crippen LogP contribution in [0.1, 0.15) is 56.6 Å². The van der Waals surface area contributed by atoms with Crippen molar-refractivity contribution in [3.05, 3.63) is 29.8 Å². The van der Waals surface area contributed by atoms with Gasteiger partial charge in [-0.25, -0.2) is 0 Å². The van der Waals surface area contributed by atoms with Crippen molar-refractivity contribution in [2.75, 3.05) is 6.61 Å². The minimum absolute atomic E-state index is 0.0146. The molecule has 3 aliphatic rings. The van der Waals surface area contributed by atoms with Crippen molar-refractivity contribution >= 4 is 11.8 Å². The Morgan fingerprint density at radius 2 is 1.83 bits per heavy atom. The van der Waals surface area contributed by atoms with E-state index in [1.54, 1.807) is 4.90 Å². The summed E-state index contributed by atoms with van der Waals surface area (Å²) in [7, 11) is 0. The first-order chi connectivity index (χ1) is 11.7. The van der Waals surface area contributed by atoms with Crippen LogP contribution in [-0.4, -0.2) is 35.4 Å². The SMILES string of the molecule is O=C(NC1CCCCC1)C1c2ccccc2OCC(=O)N1C1CC1. The van der Waals surface area contributed by atoms with E-state index in [2.05, 4.69) is 5.32 Å². The van der Waals surface area contributed by atoms with Gasteiger partial charge in [-0.1, -0.05) is 37.5 Å². The van der Waals surface area contributed by atoms with E-state index in [0.29, 0.717) is 5.75 Å². The highest BCUT2D eigenvalue weighted by molar-refractivity contribution is 5.91. The molecule has 1 aromatic carbocycles. The molecule has 24 heavy (non-hydrogen) atoms. The molecule has 0 radical (unpaired) electrons. The van der Waals surface area contributed by atoms with Crippen LogP contribution in [0, 0.1) is 0 Å². The number of hydrogen-bond acceptors (Lipinski definition) is 3. The third kappa shape index (κ3) is 2.99. The number of ether oxygens (including phenoxy) is 1. The quantitative estimate of drug-likeness (QED) is 0.928. The average Bonchev–Trinajstić information content (AvgIpc) is 3.43. The standard InChI is InChI=1S/C19H24N2O3/c22-17-12-24-16-9-5-4-8-15(16)18(21(17)14-10-11-14)19(23)20-13-6-2-1-3-7-13/h4-5,8-9,13-14,18H,1-3,6-7,10-12H2,(H,20,23). The number of nitrogens with one attached hydrogen (secondary N) is 1. The summed E-state index contributed by atoms with van der Waals surface area (Å²) in [6.45, 7) is 0.0146. The summed E-state index contributed by atoms with van der Waals surface area (Å²) in [5.41, 5.74) is 0.809. The van der Waals surface area contributed by atoms with Gasteiger partial charge in [0.1, 0.15) is 11.8 Å². The van der Waals surface area contributed by atoms with Crippen molar-refractivity contribution < 1.29 is 14.3 Å². The molecule has 0 bridgehead atoms. The van der Waals surface area contributed by atoms with E-state index < -0.39 is 6.04 Å². The minimum atomic E-state index is -0.564. The minimum Gasteiger partial charge on any atom is -0.483 e. The molecule has 1 unspecified atom stereocenters. The van der Waals surface area contributed by atoms with Crippen LogP contribution in [0.15, 0.2) is 24.3 Å². The second-order valence-electron chi connectivity index (χ2n) is 7.10. The second kappa shape index (κ2) is 6.46. The Morgan fingerprint density at radius 1 is 1.08 bits per heavy atom. The van der Waals surface area contributed by atoms with Gasteiger partial charge in [0.15, 0.2) is 6.61 Å². The summed E-state index contributed by atoms with van der Waals surface area (Å²) >= 11 is 0. The monoisotopic (exact) mass is 328 g/mol. The van der Waals surface area contributed by atoms with Crippen LogP contribution < -0.4 is 10.1 Å². The molecule has 1 aliphatic heterocycles. The van der Waals surface area contributed by atoms with E-state index in [1.807, 2.05) is 24.3 Å². The van der Waals surface area contributed by atoms with Crippen LogP contribution in [0.5, 0.6) is 5.75 Å². The zero-order valence-electron chi connectivity index (χ0n) is 13.9. The van der Waals surface area contributed by atoms with Gasteiger partial charge in [-0.2, -0.15) is 0 Å². The van der Waals surface area contributed by atoms with E-state index in [4.69, 9.17) is 4.74 Å². The second-order valence-corrected chi connectivity index (χ2v) is 7.10.